The van der Waals surface area contributed by atoms with Gasteiger partial charge in [0.15, 0.2) is 0 Å². The minimum absolute atomic E-state index is 0.0317. The quantitative estimate of drug-likeness (QED) is 0.487. The van der Waals surface area contributed by atoms with E-state index < -0.39 is 0 Å². The number of hydrogen-bond acceptors (Lipinski definition) is 5. The molecule has 6 heteroatoms. The van der Waals surface area contributed by atoms with Crippen molar-refractivity contribution < 1.29 is 9.58 Å². The van der Waals surface area contributed by atoms with Crippen molar-refractivity contribution in [3.8, 4) is 5.75 Å². The Labute approximate surface area is 111 Å². The van der Waals surface area contributed by atoms with Gasteiger partial charge in [0, 0.05) is 0 Å². The van der Waals surface area contributed by atoms with Crippen LogP contribution in [0.15, 0.2) is 18.2 Å². The summed E-state index contributed by atoms with van der Waals surface area (Å²) in [5.41, 5.74) is 6.29. The summed E-state index contributed by atoms with van der Waals surface area (Å²) in [4.78, 5) is 4.46. The molecular formula is C13H18N4O2. The van der Waals surface area contributed by atoms with Crippen molar-refractivity contribution in [2.75, 3.05) is 12.3 Å². The average Bonchev–Trinajstić information content (AvgIpc) is 2.39. The number of anilines is 1. The van der Waals surface area contributed by atoms with E-state index in [0.29, 0.717) is 28.2 Å². The van der Waals surface area contributed by atoms with Crippen LogP contribution in [0.3, 0.4) is 0 Å². The van der Waals surface area contributed by atoms with E-state index >= 15 is 0 Å². The Morgan fingerprint density at radius 3 is 2.95 bits per heavy atom. The van der Waals surface area contributed by atoms with Gasteiger partial charge in [-0.15, -0.1) is 0 Å². The van der Waals surface area contributed by atoms with Crippen LogP contribution in [0.1, 0.15) is 32.6 Å². The van der Waals surface area contributed by atoms with Crippen LogP contribution in [0.4, 0.5) is 5.95 Å². The summed E-state index contributed by atoms with van der Waals surface area (Å²) in [5.74, 6) is 0.623. The zero-order valence-electron chi connectivity index (χ0n) is 11.0. The fourth-order valence-electron chi connectivity index (χ4n) is 1.85. The van der Waals surface area contributed by atoms with Crippen molar-refractivity contribution in [3.63, 3.8) is 0 Å². The molecule has 2 rings (SSSR count). The van der Waals surface area contributed by atoms with Crippen LogP contribution in [0.25, 0.3) is 11.0 Å². The fraction of sp³-hybridized carbons (Fsp3) is 0.462. The molecule has 102 valence electrons. The summed E-state index contributed by atoms with van der Waals surface area (Å²) in [5, 5.41) is 15.1. The molecule has 0 atom stereocenters. The Balaban J connectivity index is 2.05. The fourth-order valence-corrected chi connectivity index (χ4v) is 1.85. The highest BCUT2D eigenvalue weighted by atomic mass is 16.5. The minimum atomic E-state index is -0.0317. The molecule has 0 aliphatic rings. The molecule has 0 bridgehead atoms. The topological polar surface area (TPSA) is 88.0 Å². The van der Waals surface area contributed by atoms with E-state index in [-0.39, 0.29) is 5.95 Å². The van der Waals surface area contributed by atoms with Gasteiger partial charge in [-0.05, 0) is 23.4 Å². The minimum Gasteiger partial charge on any atom is -0.594 e. The number of unbranched alkanes of at least 4 members (excludes halogenated alkanes) is 3. The first-order valence-corrected chi connectivity index (χ1v) is 6.50. The van der Waals surface area contributed by atoms with Gasteiger partial charge in [0.25, 0.3) is 11.5 Å². The largest absolute Gasteiger partial charge is 0.594 e. The smallest absolute Gasteiger partial charge is 0.288 e. The second-order valence-corrected chi connectivity index (χ2v) is 4.40. The number of rotatable bonds is 6. The highest BCUT2D eigenvalue weighted by Crippen LogP contribution is 2.17. The van der Waals surface area contributed by atoms with E-state index in [2.05, 4.69) is 17.0 Å². The molecule has 1 heterocycles. The monoisotopic (exact) mass is 262 g/mol. The Hall–Kier alpha value is -2.11. The van der Waals surface area contributed by atoms with E-state index in [1.54, 1.807) is 18.2 Å². The standard InChI is InChI=1S/C13H18N4O2/c1-2-3-4-5-8-19-10-6-7-11-12(9-10)17(18)16-13(14)15-11/h6-7,9H,2-5,8H2,1H3,(H2,14,15,16). The average molecular weight is 262 g/mol. The van der Waals surface area contributed by atoms with Gasteiger partial charge in [0.2, 0.25) is 0 Å². The van der Waals surface area contributed by atoms with Crippen LogP contribution in [-0.4, -0.2) is 16.7 Å². The van der Waals surface area contributed by atoms with Crippen LogP contribution in [0, 0.1) is 5.21 Å². The molecule has 0 aliphatic carbocycles. The number of nitrogens with two attached hydrogens (primary N) is 1. The first-order chi connectivity index (χ1) is 9.20. The second kappa shape index (κ2) is 6.17. The van der Waals surface area contributed by atoms with E-state index in [9.17, 15) is 5.21 Å². The first-order valence-electron chi connectivity index (χ1n) is 6.50. The van der Waals surface area contributed by atoms with Gasteiger partial charge in [-0.3, -0.25) is 0 Å². The lowest BCUT2D eigenvalue weighted by atomic mass is 10.2. The number of ether oxygens (including phenoxy) is 1. The van der Waals surface area contributed by atoms with Crippen LogP contribution < -0.4 is 15.3 Å². The van der Waals surface area contributed by atoms with Gasteiger partial charge in [0.1, 0.15) is 11.3 Å². The van der Waals surface area contributed by atoms with Crippen molar-refractivity contribution in [3.05, 3.63) is 23.4 Å². The number of fused-ring (bicyclic) bond motifs is 1. The van der Waals surface area contributed by atoms with Gasteiger partial charge >= 0.3 is 0 Å². The molecule has 2 aromatic rings. The molecule has 2 N–H and O–H groups in total. The lowest BCUT2D eigenvalue weighted by molar-refractivity contribution is -0.641. The highest BCUT2D eigenvalue weighted by Gasteiger charge is 2.10. The molecule has 0 aliphatic heterocycles. The van der Waals surface area contributed by atoms with Crippen molar-refractivity contribution in [1.82, 2.24) is 10.1 Å². The number of nitrogen functional groups attached to an aromatic ring is 1. The van der Waals surface area contributed by atoms with Gasteiger partial charge in [-0.2, -0.15) is 0 Å². The molecule has 1 aromatic heterocycles. The molecule has 0 unspecified atom stereocenters. The van der Waals surface area contributed by atoms with Crippen molar-refractivity contribution >= 4 is 17.0 Å². The van der Waals surface area contributed by atoms with Gasteiger partial charge in [0.05, 0.1) is 17.8 Å². The number of benzene rings is 1. The third kappa shape index (κ3) is 3.43. The van der Waals surface area contributed by atoms with Gasteiger partial charge in [-0.25, -0.2) is 4.98 Å². The number of nitrogens with zero attached hydrogens (tertiary/aromatic N) is 3. The van der Waals surface area contributed by atoms with Crippen molar-refractivity contribution in [1.29, 1.82) is 0 Å². The molecular weight excluding hydrogens is 244 g/mol. The Morgan fingerprint density at radius 2 is 2.16 bits per heavy atom. The Morgan fingerprint density at radius 1 is 1.32 bits per heavy atom. The Kier molecular flexibility index (Phi) is 4.33. The maximum atomic E-state index is 11.6. The highest BCUT2D eigenvalue weighted by molar-refractivity contribution is 5.73. The van der Waals surface area contributed by atoms with Crippen molar-refractivity contribution in [2.45, 2.75) is 32.6 Å². The molecule has 19 heavy (non-hydrogen) atoms. The SMILES string of the molecule is CCCCCCOc1ccc2nc(N)n[n+]([O-])c2c1. The molecule has 0 saturated heterocycles. The molecule has 0 amide bonds. The summed E-state index contributed by atoms with van der Waals surface area (Å²) in [6.07, 6.45) is 4.59. The summed E-state index contributed by atoms with van der Waals surface area (Å²) in [6, 6.07) is 5.14. The lowest BCUT2D eigenvalue weighted by Crippen LogP contribution is -2.33. The summed E-state index contributed by atoms with van der Waals surface area (Å²) >= 11 is 0. The predicted molar refractivity (Wildman–Crippen MR) is 72.5 cm³/mol. The van der Waals surface area contributed by atoms with Crippen LogP contribution in [0.2, 0.25) is 0 Å². The summed E-state index contributed by atoms with van der Waals surface area (Å²) in [7, 11) is 0. The van der Waals surface area contributed by atoms with E-state index in [0.717, 1.165) is 12.8 Å². The molecule has 6 nitrogen and oxygen atoms in total. The van der Waals surface area contributed by atoms with Crippen LogP contribution in [0.5, 0.6) is 5.75 Å². The van der Waals surface area contributed by atoms with E-state index in [4.69, 9.17) is 10.5 Å². The van der Waals surface area contributed by atoms with Crippen molar-refractivity contribution in [2.24, 2.45) is 0 Å². The van der Waals surface area contributed by atoms with Gasteiger partial charge < -0.3 is 15.7 Å². The van der Waals surface area contributed by atoms with E-state index in [1.165, 1.54) is 12.8 Å². The third-order valence-corrected chi connectivity index (χ3v) is 2.85. The number of hydrogen-bond donors (Lipinski definition) is 1. The third-order valence-electron chi connectivity index (χ3n) is 2.85. The molecule has 1 aromatic carbocycles. The lowest BCUT2D eigenvalue weighted by Gasteiger charge is -2.06. The van der Waals surface area contributed by atoms with Gasteiger partial charge in [-0.1, -0.05) is 26.2 Å². The number of aromatic nitrogens is 3. The maximum Gasteiger partial charge on any atom is 0.288 e. The Bertz CT molecular complexity index is 560. The summed E-state index contributed by atoms with van der Waals surface area (Å²) < 4.78 is 5.61. The molecule has 0 spiro atoms. The summed E-state index contributed by atoms with van der Waals surface area (Å²) in [6.45, 7) is 2.82. The predicted octanol–water partition coefficient (Wildman–Crippen LogP) is 1.80. The maximum absolute atomic E-state index is 11.6. The first kappa shape index (κ1) is 13.3. The molecule has 0 fully saturated rings. The van der Waals surface area contributed by atoms with Crippen LogP contribution >= 0.6 is 0 Å². The normalized spacial score (nSPS) is 10.8. The van der Waals surface area contributed by atoms with Crippen LogP contribution in [-0.2, 0) is 0 Å². The molecule has 0 saturated carbocycles. The van der Waals surface area contributed by atoms with E-state index in [1.807, 2.05) is 0 Å². The zero-order chi connectivity index (χ0) is 13.7. The zero-order valence-corrected chi connectivity index (χ0v) is 11.0. The molecule has 0 radical (unpaired) electrons. The second-order valence-electron chi connectivity index (χ2n) is 4.40.